The Morgan fingerprint density at radius 2 is 2.30 bits per heavy atom. The Morgan fingerprint density at radius 3 is 2.60 bits per heavy atom. The second-order valence-electron chi connectivity index (χ2n) is 2.18. The highest BCUT2D eigenvalue weighted by atomic mass is 19.3. The third-order valence-electron chi connectivity index (χ3n) is 1.39. The Morgan fingerprint density at radius 1 is 1.60 bits per heavy atom. The van der Waals surface area contributed by atoms with Gasteiger partial charge in [-0.3, -0.25) is 5.73 Å². The van der Waals surface area contributed by atoms with Gasteiger partial charge in [0.2, 0.25) is 0 Å². The normalized spacial score (nSPS) is 20.5. The van der Waals surface area contributed by atoms with Crippen LogP contribution in [-0.4, -0.2) is 19.3 Å². The van der Waals surface area contributed by atoms with Crippen molar-refractivity contribution < 1.29 is 13.5 Å². The lowest BCUT2D eigenvalue weighted by Crippen LogP contribution is -2.33. The first-order chi connectivity index (χ1) is 4.61. The van der Waals surface area contributed by atoms with Gasteiger partial charge in [0.25, 0.3) is 0 Å². The molecule has 2 nitrogen and oxygen atoms in total. The molecule has 0 aliphatic carbocycles. The fourth-order valence-electron chi connectivity index (χ4n) is 0.830. The predicted octanol–water partition coefficient (Wildman–Crippen LogP) is 0.885. The van der Waals surface area contributed by atoms with Crippen LogP contribution in [0, 0.1) is 0 Å². The number of ether oxygens (including phenoxy) is 1. The molecule has 2 N–H and O–H groups in total. The molecule has 1 aliphatic rings. The van der Waals surface area contributed by atoms with E-state index in [2.05, 4.69) is 5.73 Å². The summed E-state index contributed by atoms with van der Waals surface area (Å²) in [4.78, 5) is 0. The highest BCUT2D eigenvalue weighted by Gasteiger charge is 2.28. The second kappa shape index (κ2) is 2.64. The molecule has 0 amide bonds. The summed E-state index contributed by atoms with van der Waals surface area (Å²) in [6.45, 7) is 0.598. The van der Waals surface area contributed by atoms with Gasteiger partial charge in [0.15, 0.2) is 0 Å². The quantitative estimate of drug-likeness (QED) is 0.443. The molecule has 0 radical (unpaired) electrons. The lowest BCUT2D eigenvalue weighted by atomic mass is 10.1. The zero-order chi connectivity index (χ0) is 7.61. The first kappa shape index (κ1) is 7.63. The van der Waals surface area contributed by atoms with Crippen LogP contribution in [-0.2, 0) is 4.74 Å². The van der Waals surface area contributed by atoms with Crippen LogP contribution in [0.25, 0.3) is 0 Å². The Labute approximate surface area is 57.7 Å². The van der Waals surface area contributed by atoms with Crippen LogP contribution < -0.4 is 5.73 Å². The third-order valence-corrected chi connectivity index (χ3v) is 1.39. The molecule has 0 aromatic heterocycles. The molecule has 0 bridgehead atoms. The van der Waals surface area contributed by atoms with E-state index in [1.165, 1.54) is 6.08 Å². The van der Waals surface area contributed by atoms with Crippen LogP contribution in [0.4, 0.5) is 8.78 Å². The van der Waals surface area contributed by atoms with E-state index in [-0.39, 0.29) is 18.6 Å². The molecular weight excluding hydrogens is 140 g/mol. The van der Waals surface area contributed by atoms with E-state index < -0.39 is 6.05 Å². The topological polar surface area (TPSA) is 35.2 Å². The van der Waals surface area contributed by atoms with Gasteiger partial charge < -0.3 is 4.74 Å². The standard InChI is InChI=1S/C6H9F2NO/c7-6(8,9)5-1-3-10-4-2-5/h1H,2-4,9H2. The average molecular weight is 149 g/mol. The molecule has 1 rings (SSSR count). The van der Waals surface area contributed by atoms with Gasteiger partial charge in [0.05, 0.1) is 13.2 Å². The first-order valence-electron chi connectivity index (χ1n) is 3.04. The first-order valence-corrected chi connectivity index (χ1v) is 3.04. The molecule has 0 aromatic rings. The van der Waals surface area contributed by atoms with Crippen molar-refractivity contribution >= 4 is 0 Å². The summed E-state index contributed by atoms with van der Waals surface area (Å²) in [5.41, 5.74) is 4.54. The van der Waals surface area contributed by atoms with Gasteiger partial charge in [-0.05, 0) is 6.42 Å². The lowest BCUT2D eigenvalue weighted by Gasteiger charge is -2.18. The van der Waals surface area contributed by atoms with Crippen molar-refractivity contribution in [1.29, 1.82) is 0 Å². The maximum Gasteiger partial charge on any atom is 0.323 e. The van der Waals surface area contributed by atoms with Crippen LogP contribution in [0.1, 0.15) is 6.42 Å². The average Bonchev–Trinajstić information content (AvgIpc) is 1.88. The molecular formula is C6H9F2NO. The van der Waals surface area contributed by atoms with Crippen LogP contribution in [0.3, 0.4) is 0 Å². The number of alkyl halides is 2. The molecule has 4 heteroatoms. The van der Waals surface area contributed by atoms with E-state index in [9.17, 15) is 8.78 Å². The summed E-state index contributed by atoms with van der Waals surface area (Å²) in [5, 5.41) is 0. The van der Waals surface area contributed by atoms with Gasteiger partial charge in [0.1, 0.15) is 0 Å². The molecule has 58 valence electrons. The molecule has 0 saturated carbocycles. The maximum atomic E-state index is 12.3. The summed E-state index contributed by atoms with van der Waals surface area (Å²) < 4.78 is 29.4. The summed E-state index contributed by atoms with van der Waals surface area (Å²) in [6, 6.07) is -3.15. The highest BCUT2D eigenvalue weighted by molar-refractivity contribution is 5.12. The number of hydrogen-bond acceptors (Lipinski definition) is 2. The maximum absolute atomic E-state index is 12.3. The molecule has 1 heterocycles. The van der Waals surface area contributed by atoms with E-state index in [1.54, 1.807) is 0 Å². The summed E-state index contributed by atoms with van der Waals surface area (Å²) in [7, 11) is 0. The second-order valence-corrected chi connectivity index (χ2v) is 2.18. The Balaban J connectivity index is 2.62. The Bertz CT molecular complexity index is 150. The van der Waals surface area contributed by atoms with Crippen molar-refractivity contribution in [3.05, 3.63) is 11.6 Å². The Hall–Kier alpha value is -0.480. The predicted molar refractivity (Wildman–Crippen MR) is 32.7 cm³/mol. The molecule has 0 unspecified atom stereocenters. The van der Waals surface area contributed by atoms with Gasteiger partial charge in [-0.25, -0.2) is 0 Å². The molecule has 0 saturated heterocycles. The lowest BCUT2D eigenvalue weighted by molar-refractivity contribution is 0.0323. The van der Waals surface area contributed by atoms with Crippen LogP contribution in [0.15, 0.2) is 11.6 Å². The van der Waals surface area contributed by atoms with Gasteiger partial charge in [-0.15, -0.1) is 0 Å². The van der Waals surface area contributed by atoms with Crippen LogP contribution in [0.5, 0.6) is 0 Å². The summed E-state index contributed by atoms with van der Waals surface area (Å²) >= 11 is 0. The highest BCUT2D eigenvalue weighted by Crippen LogP contribution is 2.22. The van der Waals surface area contributed by atoms with Crippen molar-refractivity contribution in [2.75, 3.05) is 13.2 Å². The minimum atomic E-state index is -3.15. The molecule has 1 aliphatic heterocycles. The fourth-order valence-corrected chi connectivity index (χ4v) is 0.830. The fraction of sp³-hybridized carbons (Fsp3) is 0.667. The molecule has 0 spiro atoms. The minimum Gasteiger partial charge on any atom is -0.377 e. The molecule has 0 aromatic carbocycles. The monoisotopic (exact) mass is 149 g/mol. The van der Waals surface area contributed by atoms with Gasteiger partial charge in [0, 0.05) is 5.57 Å². The van der Waals surface area contributed by atoms with Crippen molar-refractivity contribution in [1.82, 2.24) is 0 Å². The van der Waals surface area contributed by atoms with Crippen LogP contribution >= 0.6 is 0 Å². The van der Waals surface area contributed by atoms with Crippen molar-refractivity contribution in [3.63, 3.8) is 0 Å². The molecule has 0 atom stereocenters. The molecule has 0 fully saturated rings. The number of halogens is 2. The van der Waals surface area contributed by atoms with Gasteiger partial charge in [-0.1, -0.05) is 6.08 Å². The van der Waals surface area contributed by atoms with Crippen molar-refractivity contribution in [3.8, 4) is 0 Å². The third kappa shape index (κ3) is 1.75. The van der Waals surface area contributed by atoms with Crippen LogP contribution in [0.2, 0.25) is 0 Å². The smallest absolute Gasteiger partial charge is 0.323 e. The summed E-state index contributed by atoms with van der Waals surface area (Å²) in [6.07, 6.45) is 1.58. The van der Waals surface area contributed by atoms with Gasteiger partial charge >= 0.3 is 6.05 Å². The van der Waals surface area contributed by atoms with E-state index in [4.69, 9.17) is 4.74 Å². The number of rotatable bonds is 1. The van der Waals surface area contributed by atoms with E-state index in [0.717, 1.165) is 0 Å². The molecule has 10 heavy (non-hydrogen) atoms. The van der Waals surface area contributed by atoms with E-state index in [0.29, 0.717) is 6.61 Å². The Kier molecular flexibility index (Phi) is 2.01. The van der Waals surface area contributed by atoms with Crippen molar-refractivity contribution in [2.45, 2.75) is 12.5 Å². The van der Waals surface area contributed by atoms with E-state index >= 15 is 0 Å². The van der Waals surface area contributed by atoms with Crippen molar-refractivity contribution in [2.24, 2.45) is 5.73 Å². The minimum absolute atomic E-state index is 0.0150. The summed E-state index contributed by atoms with van der Waals surface area (Å²) in [5.74, 6) is 0. The van der Waals surface area contributed by atoms with E-state index in [1.807, 2.05) is 0 Å². The largest absolute Gasteiger partial charge is 0.377 e. The number of hydrogen-bond donors (Lipinski definition) is 1. The zero-order valence-corrected chi connectivity index (χ0v) is 5.44. The zero-order valence-electron chi connectivity index (χ0n) is 5.44. The van der Waals surface area contributed by atoms with Gasteiger partial charge in [-0.2, -0.15) is 8.78 Å². The number of nitrogens with two attached hydrogens (primary N) is 1. The SMILES string of the molecule is NC(F)(F)C1=CCOCC1.